The highest BCUT2D eigenvalue weighted by Crippen LogP contribution is 2.28. The van der Waals surface area contributed by atoms with Crippen molar-refractivity contribution in [3.8, 4) is 5.75 Å². The number of carbonyl (C=O) groups is 2. The van der Waals surface area contributed by atoms with Gasteiger partial charge in [0.25, 0.3) is 5.91 Å². The number of hydrogen-bond acceptors (Lipinski definition) is 4. The van der Waals surface area contributed by atoms with E-state index in [1.807, 2.05) is 13.8 Å². The van der Waals surface area contributed by atoms with Gasteiger partial charge >= 0.3 is 5.97 Å². The second-order valence-corrected chi connectivity index (χ2v) is 5.72. The molecule has 0 unspecified atom stereocenters. The van der Waals surface area contributed by atoms with Crippen LogP contribution in [0.5, 0.6) is 5.75 Å². The maximum absolute atomic E-state index is 12.0. The van der Waals surface area contributed by atoms with Crippen LogP contribution in [0.1, 0.15) is 34.8 Å². The number of amides is 1. The fourth-order valence-corrected chi connectivity index (χ4v) is 1.95. The summed E-state index contributed by atoms with van der Waals surface area (Å²) < 4.78 is 10.5. The van der Waals surface area contributed by atoms with Crippen LogP contribution in [0.2, 0.25) is 5.02 Å². The summed E-state index contributed by atoms with van der Waals surface area (Å²) in [6, 6.07) is 6.00. The van der Waals surface area contributed by atoms with E-state index in [0.29, 0.717) is 29.0 Å². The van der Waals surface area contributed by atoms with Gasteiger partial charge in [-0.3, -0.25) is 4.79 Å². The molecule has 0 radical (unpaired) electrons. The number of aromatic carboxylic acids is 1. The Balaban J connectivity index is 2.06. The quantitative estimate of drug-likeness (QED) is 0.834. The van der Waals surface area contributed by atoms with Crippen LogP contribution < -0.4 is 10.1 Å². The third-order valence-corrected chi connectivity index (χ3v) is 3.13. The van der Waals surface area contributed by atoms with Gasteiger partial charge < -0.3 is 19.6 Å². The Bertz CT molecular complexity index is 723. The molecule has 1 aromatic heterocycles. The number of carbonyl (C=O) groups excluding carboxylic acids is 1. The molecule has 0 aliphatic rings. The first-order valence-corrected chi connectivity index (χ1v) is 7.30. The van der Waals surface area contributed by atoms with Crippen LogP contribution >= 0.6 is 11.6 Å². The predicted molar refractivity (Wildman–Crippen MR) is 85.4 cm³/mol. The highest BCUT2D eigenvalue weighted by Gasteiger charge is 2.15. The summed E-state index contributed by atoms with van der Waals surface area (Å²) in [6.45, 7) is 4.59. The fraction of sp³-hybridized carbons (Fsp3) is 0.250. The van der Waals surface area contributed by atoms with Crippen molar-refractivity contribution in [3.63, 3.8) is 0 Å². The lowest BCUT2D eigenvalue weighted by Gasteiger charge is -2.11. The lowest BCUT2D eigenvalue weighted by molar-refractivity contribution is 0.0696. The molecule has 1 amide bonds. The summed E-state index contributed by atoms with van der Waals surface area (Å²) in [5.74, 6) is -0.928. The Hall–Kier alpha value is -2.47. The Morgan fingerprint density at radius 2 is 2.09 bits per heavy atom. The molecule has 6 nitrogen and oxygen atoms in total. The van der Waals surface area contributed by atoms with Crippen LogP contribution in [0.15, 0.2) is 34.9 Å². The molecular formula is C16H16ClNO5. The van der Waals surface area contributed by atoms with Crippen LogP contribution in [0.4, 0.5) is 5.69 Å². The van der Waals surface area contributed by atoms with Gasteiger partial charge in [-0.1, -0.05) is 25.4 Å². The summed E-state index contributed by atoms with van der Waals surface area (Å²) in [7, 11) is 0. The lowest BCUT2D eigenvalue weighted by Crippen LogP contribution is -2.11. The number of furan rings is 1. The molecular weight excluding hydrogens is 322 g/mol. The third-order valence-electron chi connectivity index (χ3n) is 2.83. The normalized spacial score (nSPS) is 10.6. The summed E-state index contributed by atoms with van der Waals surface area (Å²) >= 11 is 6.11. The van der Waals surface area contributed by atoms with E-state index in [9.17, 15) is 9.59 Å². The Morgan fingerprint density at radius 1 is 1.35 bits per heavy atom. The SMILES string of the molecule is CC(C)COc1ccc(NC(=O)c2cc(C(=O)O)co2)cc1Cl. The first kappa shape index (κ1) is 16.9. The Kier molecular flexibility index (Phi) is 5.28. The van der Waals surface area contributed by atoms with E-state index >= 15 is 0 Å². The maximum Gasteiger partial charge on any atom is 0.338 e. The first-order valence-electron chi connectivity index (χ1n) is 6.92. The number of ether oxygens (including phenoxy) is 1. The van der Waals surface area contributed by atoms with Gasteiger partial charge in [0.2, 0.25) is 0 Å². The van der Waals surface area contributed by atoms with Crippen molar-refractivity contribution in [1.82, 2.24) is 0 Å². The standard InChI is InChI=1S/C16H16ClNO5/c1-9(2)7-22-13-4-3-11(6-12(13)17)18-15(19)14-5-10(8-23-14)16(20)21/h3-6,8-9H,7H2,1-2H3,(H,18,19)(H,20,21). The molecule has 0 aliphatic carbocycles. The minimum atomic E-state index is -1.16. The monoisotopic (exact) mass is 337 g/mol. The van der Waals surface area contributed by atoms with Gasteiger partial charge in [0.05, 0.1) is 17.2 Å². The van der Waals surface area contributed by atoms with Crippen molar-refractivity contribution in [3.05, 3.63) is 46.9 Å². The van der Waals surface area contributed by atoms with Crippen molar-refractivity contribution < 1.29 is 23.8 Å². The zero-order chi connectivity index (χ0) is 17.0. The van der Waals surface area contributed by atoms with Gasteiger partial charge in [0.15, 0.2) is 5.76 Å². The van der Waals surface area contributed by atoms with Crippen molar-refractivity contribution in [2.45, 2.75) is 13.8 Å². The van der Waals surface area contributed by atoms with E-state index in [1.165, 1.54) is 0 Å². The van der Waals surface area contributed by atoms with Crippen LogP contribution in [0.3, 0.4) is 0 Å². The Labute approximate surface area is 138 Å². The number of carboxylic acid groups (broad SMARTS) is 1. The largest absolute Gasteiger partial charge is 0.492 e. The molecule has 0 fully saturated rings. The van der Waals surface area contributed by atoms with E-state index in [0.717, 1.165) is 12.3 Å². The van der Waals surface area contributed by atoms with E-state index in [2.05, 4.69) is 5.32 Å². The average Bonchev–Trinajstić information content (AvgIpc) is 2.96. The van der Waals surface area contributed by atoms with Crippen molar-refractivity contribution in [1.29, 1.82) is 0 Å². The Morgan fingerprint density at radius 3 is 2.65 bits per heavy atom. The molecule has 7 heteroatoms. The van der Waals surface area contributed by atoms with Gasteiger partial charge in [-0.2, -0.15) is 0 Å². The third kappa shape index (κ3) is 4.50. The summed E-state index contributed by atoms with van der Waals surface area (Å²) in [5, 5.41) is 11.8. The molecule has 0 aliphatic heterocycles. The van der Waals surface area contributed by atoms with Gasteiger partial charge in [-0.05, 0) is 24.1 Å². The van der Waals surface area contributed by atoms with Crippen LogP contribution in [-0.2, 0) is 0 Å². The van der Waals surface area contributed by atoms with Crippen LogP contribution in [0.25, 0.3) is 0 Å². The van der Waals surface area contributed by atoms with Gasteiger partial charge in [0.1, 0.15) is 12.0 Å². The minimum Gasteiger partial charge on any atom is -0.492 e. The van der Waals surface area contributed by atoms with Crippen molar-refractivity contribution in [2.75, 3.05) is 11.9 Å². The average molecular weight is 338 g/mol. The number of rotatable bonds is 6. The summed E-state index contributed by atoms with van der Waals surface area (Å²) in [5.41, 5.74) is 0.357. The molecule has 2 N–H and O–H groups in total. The maximum atomic E-state index is 12.0. The van der Waals surface area contributed by atoms with Crippen molar-refractivity contribution in [2.24, 2.45) is 5.92 Å². The van der Waals surface area contributed by atoms with E-state index in [1.54, 1.807) is 18.2 Å². The van der Waals surface area contributed by atoms with Gasteiger partial charge in [0, 0.05) is 11.8 Å². The smallest absolute Gasteiger partial charge is 0.338 e. The number of halogens is 1. The topological polar surface area (TPSA) is 88.8 Å². The first-order chi connectivity index (χ1) is 10.9. The number of nitrogens with one attached hydrogen (secondary N) is 1. The highest BCUT2D eigenvalue weighted by atomic mass is 35.5. The van der Waals surface area contributed by atoms with Gasteiger partial charge in [-0.15, -0.1) is 0 Å². The zero-order valence-corrected chi connectivity index (χ0v) is 13.4. The number of anilines is 1. The van der Waals surface area contributed by atoms with E-state index < -0.39 is 11.9 Å². The molecule has 2 rings (SSSR count). The van der Waals surface area contributed by atoms with Crippen molar-refractivity contribution >= 4 is 29.2 Å². The second kappa shape index (κ2) is 7.19. The predicted octanol–water partition coefficient (Wildman–Crippen LogP) is 3.92. The van der Waals surface area contributed by atoms with Crippen LogP contribution in [-0.4, -0.2) is 23.6 Å². The second-order valence-electron chi connectivity index (χ2n) is 5.31. The highest BCUT2D eigenvalue weighted by molar-refractivity contribution is 6.32. The number of hydrogen-bond donors (Lipinski definition) is 2. The zero-order valence-electron chi connectivity index (χ0n) is 12.6. The minimum absolute atomic E-state index is 0.0920. The molecule has 1 aromatic carbocycles. The molecule has 0 saturated carbocycles. The molecule has 23 heavy (non-hydrogen) atoms. The van der Waals surface area contributed by atoms with Gasteiger partial charge in [-0.25, -0.2) is 4.79 Å². The molecule has 1 heterocycles. The summed E-state index contributed by atoms with van der Waals surface area (Å²) in [4.78, 5) is 22.8. The molecule has 0 atom stereocenters. The molecule has 122 valence electrons. The lowest BCUT2D eigenvalue weighted by atomic mass is 10.2. The van der Waals surface area contributed by atoms with E-state index in [-0.39, 0.29) is 11.3 Å². The van der Waals surface area contributed by atoms with Crippen LogP contribution in [0, 0.1) is 5.92 Å². The molecule has 0 bridgehead atoms. The fourth-order valence-electron chi connectivity index (χ4n) is 1.71. The summed E-state index contributed by atoms with van der Waals surface area (Å²) in [6.07, 6.45) is 1.01. The molecule has 0 spiro atoms. The number of carboxylic acids is 1. The molecule has 2 aromatic rings. The number of benzene rings is 1. The molecule has 0 saturated heterocycles. The van der Waals surface area contributed by atoms with E-state index in [4.69, 9.17) is 25.9 Å².